The average Bonchev–Trinajstić information content (AvgIpc) is 3.35. The van der Waals surface area contributed by atoms with Crippen molar-refractivity contribution in [3.8, 4) is 5.69 Å². The van der Waals surface area contributed by atoms with Gasteiger partial charge >= 0.3 is 23.3 Å². The number of aromatic nitrogens is 3. The lowest BCUT2D eigenvalue weighted by Gasteiger charge is -2.17. The second-order valence-electron chi connectivity index (χ2n) is 8.01. The summed E-state index contributed by atoms with van der Waals surface area (Å²) in [6, 6.07) is 12.1. The average molecular weight is 514 g/mol. The van der Waals surface area contributed by atoms with Gasteiger partial charge in [-0.05, 0) is 30.7 Å². The molecule has 1 amide bonds. The molecule has 37 heavy (non-hydrogen) atoms. The smallest absolute Gasteiger partial charge is 0.418 e. The quantitative estimate of drug-likeness (QED) is 0.291. The van der Waals surface area contributed by atoms with Gasteiger partial charge in [-0.1, -0.05) is 30.3 Å². The molecule has 2 N–H and O–H groups in total. The summed E-state index contributed by atoms with van der Waals surface area (Å²) in [6.07, 6.45) is -2.36. The van der Waals surface area contributed by atoms with Gasteiger partial charge < -0.3 is 19.6 Å². The van der Waals surface area contributed by atoms with E-state index in [9.17, 15) is 32.3 Å². The van der Waals surface area contributed by atoms with Crippen molar-refractivity contribution in [2.45, 2.75) is 26.2 Å². The molecule has 0 fully saturated rings. The Balaban J connectivity index is 1.78. The number of hydrogen-bond donors (Lipinski definition) is 2. The molecule has 0 aliphatic rings. The van der Waals surface area contributed by atoms with Gasteiger partial charge in [0.05, 0.1) is 34.5 Å². The van der Waals surface area contributed by atoms with E-state index in [1.54, 1.807) is 6.92 Å². The number of hydrogen-bond acceptors (Lipinski definition) is 5. The third kappa shape index (κ3) is 5.47. The molecule has 0 unspecified atom stereocenters. The van der Waals surface area contributed by atoms with Crippen LogP contribution < -0.4 is 16.4 Å². The van der Waals surface area contributed by atoms with E-state index in [1.807, 2.05) is 30.3 Å². The highest BCUT2D eigenvalue weighted by Gasteiger charge is 2.35. The molecular weight excluding hydrogens is 493 g/mol. The number of benzene rings is 2. The molecule has 0 aliphatic heterocycles. The van der Waals surface area contributed by atoms with Crippen LogP contribution in [0.2, 0.25) is 0 Å². The third-order valence-electron chi connectivity index (χ3n) is 5.52. The van der Waals surface area contributed by atoms with E-state index in [0.29, 0.717) is 6.07 Å². The molecule has 192 valence electrons. The van der Waals surface area contributed by atoms with E-state index < -0.39 is 47.0 Å². The van der Waals surface area contributed by atoms with Crippen molar-refractivity contribution in [1.29, 1.82) is 0 Å². The van der Waals surface area contributed by atoms with Crippen molar-refractivity contribution in [3.63, 3.8) is 0 Å². The first-order valence-corrected chi connectivity index (χ1v) is 11.1. The van der Waals surface area contributed by atoms with Crippen LogP contribution in [-0.4, -0.2) is 32.6 Å². The summed E-state index contributed by atoms with van der Waals surface area (Å²) < 4.78 is 48.7. The van der Waals surface area contributed by atoms with Crippen molar-refractivity contribution in [2.75, 3.05) is 6.61 Å². The number of H-pyrrole nitrogens is 1. The zero-order valence-corrected chi connectivity index (χ0v) is 19.5. The molecule has 0 spiro atoms. The molecule has 2 heterocycles. The zero-order chi connectivity index (χ0) is 26.7. The summed E-state index contributed by atoms with van der Waals surface area (Å²) in [5.41, 5.74) is -3.31. The summed E-state index contributed by atoms with van der Waals surface area (Å²) in [5.74, 6) is -1.34. The van der Waals surface area contributed by atoms with E-state index in [1.165, 1.54) is 18.5 Å². The number of rotatable bonds is 7. The van der Waals surface area contributed by atoms with E-state index >= 15 is 0 Å². The fourth-order valence-electron chi connectivity index (χ4n) is 3.80. The normalized spacial score (nSPS) is 11.5. The minimum absolute atomic E-state index is 0.0106. The lowest BCUT2D eigenvalue weighted by Crippen LogP contribution is -2.38. The fourth-order valence-corrected chi connectivity index (χ4v) is 3.80. The van der Waals surface area contributed by atoms with Crippen LogP contribution >= 0.6 is 0 Å². The number of esters is 1. The van der Waals surface area contributed by atoms with Crippen molar-refractivity contribution in [3.05, 3.63) is 98.3 Å². The molecule has 0 atom stereocenters. The maximum atomic E-state index is 14.0. The van der Waals surface area contributed by atoms with Crippen LogP contribution in [-0.2, 0) is 28.8 Å². The number of nitrogens with one attached hydrogen (secondary N) is 2. The first-order valence-electron chi connectivity index (χ1n) is 11.1. The van der Waals surface area contributed by atoms with Crippen LogP contribution in [0.15, 0.2) is 70.5 Å². The summed E-state index contributed by atoms with van der Waals surface area (Å²) in [4.78, 5) is 51.3. The molecule has 4 rings (SSSR count). The van der Waals surface area contributed by atoms with Gasteiger partial charge in [0.25, 0.3) is 5.91 Å². The van der Waals surface area contributed by atoms with Gasteiger partial charge in [-0.15, -0.1) is 0 Å². The van der Waals surface area contributed by atoms with Crippen LogP contribution in [0, 0.1) is 0 Å². The van der Waals surface area contributed by atoms with Gasteiger partial charge in [0, 0.05) is 18.9 Å². The number of nitrogens with zero attached hydrogens (tertiary/aromatic N) is 2. The van der Waals surface area contributed by atoms with Crippen LogP contribution in [0.1, 0.15) is 28.4 Å². The Morgan fingerprint density at radius 2 is 1.81 bits per heavy atom. The highest BCUT2D eigenvalue weighted by molar-refractivity contribution is 5.94. The van der Waals surface area contributed by atoms with E-state index in [0.717, 1.165) is 20.8 Å². The molecule has 0 radical (unpaired) electrons. The summed E-state index contributed by atoms with van der Waals surface area (Å²) in [6.45, 7) is 1.11. The van der Waals surface area contributed by atoms with Crippen molar-refractivity contribution in [2.24, 2.45) is 0 Å². The van der Waals surface area contributed by atoms with E-state index in [2.05, 4.69) is 10.3 Å². The molecule has 2 aromatic carbocycles. The monoisotopic (exact) mass is 514 g/mol. The second-order valence-corrected chi connectivity index (χ2v) is 8.01. The lowest BCUT2D eigenvalue weighted by molar-refractivity contribution is -0.143. The largest absolute Gasteiger partial charge is 0.465 e. The molecule has 12 heteroatoms. The lowest BCUT2D eigenvalue weighted by atomic mass is 10.1. The number of amides is 1. The predicted molar refractivity (Wildman–Crippen MR) is 127 cm³/mol. The number of carbonyl (C=O) groups is 2. The summed E-state index contributed by atoms with van der Waals surface area (Å²) in [7, 11) is 0. The SMILES string of the molecule is CCOC(=O)Cn1c(=O)c(=O)[nH]c2cc(C(F)(F)F)c(-n3ccc(C(=O)NCc4ccccc4)c3)cc21. The highest BCUT2D eigenvalue weighted by Crippen LogP contribution is 2.36. The van der Waals surface area contributed by atoms with Crippen molar-refractivity contribution < 1.29 is 27.5 Å². The molecule has 9 nitrogen and oxygen atoms in total. The molecule has 4 aromatic rings. The number of alkyl halides is 3. The maximum Gasteiger partial charge on any atom is 0.418 e. The van der Waals surface area contributed by atoms with Gasteiger partial charge in [0.2, 0.25) is 0 Å². The number of carbonyl (C=O) groups excluding carboxylic acids is 2. The zero-order valence-electron chi connectivity index (χ0n) is 19.5. The summed E-state index contributed by atoms with van der Waals surface area (Å²) in [5, 5.41) is 2.70. The molecule has 0 aliphatic carbocycles. The van der Waals surface area contributed by atoms with Gasteiger partial charge in [-0.25, -0.2) is 0 Å². The minimum Gasteiger partial charge on any atom is -0.465 e. The Hall–Kier alpha value is -4.61. The molecular formula is C25H21F3N4O5. The molecule has 0 saturated heterocycles. The highest BCUT2D eigenvalue weighted by atomic mass is 19.4. The summed E-state index contributed by atoms with van der Waals surface area (Å²) >= 11 is 0. The Labute approximate surface area is 207 Å². The van der Waals surface area contributed by atoms with Crippen LogP contribution in [0.3, 0.4) is 0 Å². The van der Waals surface area contributed by atoms with Gasteiger partial charge in [0.1, 0.15) is 6.54 Å². The standard InChI is InChI=1S/C25H21F3N4O5/c1-2-37-21(33)14-32-20-11-19(17(25(26,27)28)10-18(20)30-23(35)24(32)36)31-9-8-16(13-31)22(34)29-12-15-6-4-3-5-7-15/h3-11,13H,2,12,14H2,1H3,(H,29,34)(H,30,35). The van der Waals surface area contributed by atoms with Gasteiger partial charge in [-0.3, -0.25) is 23.7 Å². The predicted octanol–water partition coefficient (Wildman–Crippen LogP) is 2.99. The van der Waals surface area contributed by atoms with Gasteiger partial charge in [-0.2, -0.15) is 13.2 Å². The number of halogens is 3. The van der Waals surface area contributed by atoms with Crippen LogP contribution in [0.4, 0.5) is 13.2 Å². The number of ether oxygens (including phenoxy) is 1. The number of aromatic amines is 1. The second kappa shape index (κ2) is 10.2. The molecule has 0 saturated carbocycles. The Morgan fingerprint density at radius 1 is 1.08 bits per heavy atom. The number of fused-ring (bicyclic) bond motifs is 1. The topological polar surface area (TPSA) is 115 Å². The van der Waals surface area contributed by atoms with Crippen molar-refractivity contribution >= 4 is 22.9 Å². The Morgan fingerprint density at radius 3 is 2.49 bits per heavy atom. The molecule has 2 aromatic heterocycles. The Bertz CT molecular complexity index is 1590. The minimum atomic E-state index is -4.84. The third-order valence-corrected chi connectivity index (χ3v) is 5.52. The van der Waals surface area contributed by atoms with Crippen LogP contribution in [0.25, 0.3) is 16.7 Å². The van der Waals surface area contributed by atoms with Crippen LogP contribution in [0.5, 0.6) is 0 Å². The van der Waals surface area contributed by atoms with Gasteiger partial charge in [0.15, 0.2) is 0 Å². The van der Waals surface area contributed by atoms with E-state index in [-0.39, 0.29) is 29.7 Å². The maximum absolute atomic E-state index is 14.0. The molecule has 0 bridgehead atoms. The Kier molecular flexibility index (Phi) is 7.00. The fraction of sp³-hybridized carbons (Fsp3) is 0.200. The first-order chi connectivity index (χ1) is 17.6. The van der Waals surface area contributed by atoms with Crippen molar-refractivity contribution in [1.82, 2.24) is 19.4 Å². The van der Waals surface area contributed by atoms with E-state index in [4.69, 9.17) is 4.74 Å². The first kappa shape index (κ1) is 25.5.